The summed E-state index contributed by atoms with van der Waals surface area (Å²) in [5.41, 5.74) is 1.39. The molecule has 1 aromatic rings. The molecule has 0 bridgehead atoms. The van der Waals surface area contributed by atoms with Crippen molar-refractivity contribution in [2.45, 2.75) is 45.9 Å². The average Bonchev–Trinajstić information content (AvgIpc) is 2.46. The summed E-state index contributed by atoms with van der Waals surface area (Å²) in [5, 5.41) is 0. The van der Waals surface area contributed by atoms with Crippen molar-refractivity contribution >= 4 is 11.8 Å². The Kier molecular flexibility index (Phi) is 5.27. The molecule has 1 unspecified atom stereocenters. The Morgan fingerprint density at radius 1 is 1.30 bits per heavy atom. The Balaban J connectivity index is 1.90. The molecule has 23 heavy (non-hydrogen) atoms. The summed E-state index contributed by atoms with van der Waals surface area (Å²) < 4.78 is 5.47. The maximum absolute atomic E-state index is 12.2. The zero-order chi connectivity index (χ0) is 17.0. The monoisotopic (exact) mass is 315 g/mol. The van der Waals surface area contributed by atoms with E-state index in [0.29, 0.717) is 12.2 Å². The zero-order valence-corrected chi connectivity index (χ0v) is 14.4. The second kappa shape index (κ2) is 7.01. The molecule has 1 heterocycles. The lowest BCUT2D eigenvalue weighted by molar-refractivity contribution is 0.000563. The molecule has 124 valence electrons. The minimum absolute atomic E-state index is 0.126. The number of benzene rings is 1. The molecule has 1 saturated heterocycles. The number of carbonyl (C=O) groups is 1. The van der Waals surface area contributed by atoms with E-state index in [-0.39, 0.29) is 12.1 Å². The van der Waals surface area contributed by atoms with Crippen molar-refractivity contribution in [3.05, 3.63) is 41.2 Å². The molecule has 1 aliphatic rings. The molecule has 0 radical (unpaired) electrons. The van der Waals surface area contributed by atoms with Crippen LogP contribution >= 0.6 is 0 Å². The van der Waals surface area contributed by atoms with Gasteiger partial charge in [0.2, 0.25) is 0 Å². The van der Waals surface area contributed by atoms with E-state index in [4.69, 9.17) is 11.3 Å². The van der Waals surface area contributed by atoms with Gasteiger partial charge in [-0.25, -0.2) is 9.64 Å². The molecule has 5 nitrogen and oxygen atoms in total. The van der Waals surface area contributed by atoms with Crippen LogP contribution in [0.15, 0.2) is 24.3 Å². The van der Waals surface area contributed by atoms with Crippen molar-refractivity contribution in [2.75, 3.05) is 19.6 Å². The number of ether oxygens (including phenoxy) is 1. The zero-order valence-electron chi connectivity index (χ0n) is 14.4. The summed E-state index contributed by atoms with van der Waals surface area (Å²) in [6.07, 6.45) is -0.230. The summed E-state index contributed by atoms with van der Waals surface area (Å²) >= 11 is 0. The van der Waals surface area contributed by atoms with Gasteiger partial charge in [0, 0.05) is 32.2 Å². The van der Waals surface area contributed by atoms with Gasteiger partial charge in [0.1, 0.15) is 5.60 Å². The van der Waals surface area contributed by atoms with Gasteiger partial charge in [-0.2, -0.15) is 0 Å². The Labute approximate surface area is 138 Å². The third kappa shape index (κ3) is 4.97. The van der Waals surface area contributed by atoms with E-state index in [2.05, 4.69) is 16.7 Å². The first-order valence-electron chi connectivity index (χ1n) is 7.97. The van der Waals surface area contributed by atoms with Gasteiger partial charge >= 0.3 is 6.09 Å². The van der Waals surface area contributed by atoms with Gasteiger partial charge in [0.25, 0.3) is 0 Å². The normalized spacial score (nSPS) is 19.3. The van der Waals surface area contributed by atoms with Crippen LogP contribution < -0.4 is 0 Å². The van der Waals surface area contributed by atoms with Crippen LogP contribution in [0.5, 0.6) is 0 Å². The Hall–Kier alpha value is -2.06. The predicted octanol–water partition coefficient (Wildman–Crippen LogP) is 3.68. The van der Waals surface area contributed by atoms with E-state index in [1.807, 2.05) is 49.9 Å². The topological polar surface area (TPSA) is 37.1 Å². The largest absolute Gasteiger partial charge is 0.444 e. The molecule has 1 aromatic carbocycles. The lowest BCUT2D eigenvalue weighted by Crippen LogP contribution is -2.54. The van der Waals surface area contributed by atoms with Gasteiger partial charge in [0.15, 0.2) is 5.69 Å². The van der Waals surface area contributed by atoms with E-state index in [1.54, 1.807) is 0 Å². The highest BCUT2D eigenvalue weighted by atomic mass is 16.6. The minimum atomic E-state index is -0.460. The summed E-state index contributed by atoms with van der Waals surface area (Å²) in [7, 11) is 0. The molecule has 0 N–H and O–H groups in total. The molecule has 1 aliphatic heterocycles. The maximum Gasteiger partial charge on any atom is 0.410 e. The van der Waals surface area contributed by atoms with Crippen LogP contribution in [0, 0.1) is 6.57 Å². The molecule has 1 fully saturated rings. The minimum Gasteiger partial charge on any atom is -0.444 e. The van der Waals surface area contributed by atoms with Gasteiger partial charge in [-0.15, -0.1) is 0 Å². The highest BCUT2D eigenvalue weighted by Crippen LogP contribution is 2.18. The molecule has 1 amide bonds. The van der Waals surface area contributed by atoms with Gasteiger partial charge in [-0.3, -0.25) is 4.90 Å². The molecule has 0 aliphatic carbocycles. The lowest BCUT2D eigenvalue weighted by atomic mass is 10.1. The average molecular weight is 315 g/mol. The fourth-order valence-electron chi connectivity index (χ4n) is 2.70. The van der Waals surface area contributed by atoms with Crippen LogP contribution in [-0.2, 0) is 11.3 Å². The van der Waals surface area contributed by atoms with Crippen LogP contribution in [0.1, 0.15) is 33.3 Å². The number of rotatable bonds is 2. The summed E-state index contributed by atoms with van der Waals surface area (Å²) in [4.78, 5) is 19.8. The van der Waals surface area contributed by atoms with Crippen LogP contribution in [-0.4, -0.2) is 47.2 Å². The van der Waals surface area contributed by atoms with Gasteiger partial charge in [-0.05, 0) is 33.3 Å². The number of nitrogens with zero attached hydrogens (tertiary/aromatic N) is 3. The van der Waals surface area contributed by atoms with Crippen LogP contribution in [0.2, 0.25) is 0 Å². The number of hydrogen-bond acceptors (Lipinski definition) is 3. The Morgan fingerprint density at radius 3 is 2.48 bits per heavy atom. The second-order valence-corrected chi connectivity index (χ2v) is 7.04. The van der Waals surface area contributed by atoms with Gasteiger partial charge in [0.05, 0.1) is 6.57 Å². The summed E-state index contributed by atoms with van der Waals surface area (Å²) in [6.45, 7) is 17.9. The van der Waals surface area contributed by atoms with Crippen LogP contribution in [0.25, 0.3) is 4.85 Å². The molecule has 0 saturated carbocycles. The molecule has 2 rings (SSSR count). The van der Waals surface area contributed by atoms with E-state index < -0.39 is 5.60 Å². The van der Waals surface area contributed by atoms with E-state index in [1.165, 1.54) is 5.56 Å². The van der Waals surface area contributed by atoms with Crippen molar-refractivity contribution in [3.63, 3.8) is 0 Å². The van der Waals surface area contributed by atoms with E-state index >= 15 is 0 Å². The van der Waals surface area contributed by atoms with Crippen molar-refractivity contribution < 1.29 is 9.53 Å². The fraction of sp³-hybridized carbons (Fsp3) is 0.556. The third-order valence-electron chi connectivity index (χ3n) is 3.81. The SMILES string of the molecule is [C-]#[N+]c1ccc(CN2CCN(C(=O)OC(C)(C)C)C(C)C2)cc1. The first kappa shape index (κ1) is 17.3. The second-order valence-electron chi connectivity index (χ2n) is 7.04. The molecule has 1 atom stereocenters. The van der Waals surface area contributed by atoms with Crippen molar-refractivity contribution in [1.29, 1.82) is 0 Å². The Morgan fingerprint density at radius 2 is 1.96 bits per heavy atom. The first-order valence-corrected chi connectivity index (χ1v) is 7.97. The fourth-order valence-corrected chi connectivity index (χ4v) is 2.70. The van der Waals surface area contributed by atoms with Gasteiger partial charge < -0.3 is 9.64 Å². The quantitative estimate of drug-likeness (QED) is 0.781. The molecular weight excluding hydrogens is 290 g/mol. The van der Waals surface area contributed by atoms with Crippen molar-refractivity contribution in [3.8, 4) is 0 Å². The van der Waals surface area contributed by atoms with E-state index in [9.17, 15) is 4.79 Å². The van der Waals surface area contributed by atoms with Crippen LogP contribution in [0.3, 0.4) is 0 Å². The lowest BCUT2D eigenvalue weighted by Gasteiger charge is -2.40. The van der Waals surface area contributed by atoms with Crippen molar-refractivity contribution in [2.24, 2.45) is 0 Å². The van der Waals surface area contributed by atoms with E-state index in [0.717, 1.165) is 19.6 Å². The number of carbonyl (C=O) groups excluding carboxylic acids is 1. The van der Waals surface area contributed by atoms with Crippen molar-refractivity contribution in [1.82, 2.24) is 9.80 Å². The highest BCUT2D eigenvalue weighted by molar-refractivity contribution is 5.68. The number of hydrogen-bond donors (Lipinski definition) is 0. The standard InChI is InChI=1S/C18H25N3O2/c1-14-12-20(13-15-6-8-16(19-5)9-7-15)10-11-21(14)17(22)23-18(2,3)4/h6-9,14H,10-13H2,1-4H3. The Bertz CT molecular complexity index is 584. The smallest absolute Gasteiger partial charge is 0.410 e. The highest BCUT2D eigenvalue weighted by Gasteiger charge is 2.30. The molecular formula is C18H25N3O2. The maximum atomic E-state index is 12.2. The predicted molar refractivity (Wildman–Crippen MR) is 90.4 cm³/mol. The third-order valence-corrected chi connectivity index (χ3v) is 3.81. The summed E-state index contributed by atoms with van der Waals surface area (Å²) in [6, 6.07) is 7.82. The number of amides is 1. The van der Waals surface area contributed by atoms with Gasteiger partial charge in [-0.1, -0.05) is 24.3 Å². The first-order chi connectivity index (χ1) is 10.8. The molecule has 0 spiro atoms. The van der Waals surface area contributed by atoms with Crippen LogP contribution in [0.4, 0.5) is 10.5 Å². The molecule has 5 heteroatoms. The summed E-state index contributed by atoms with van der Waals surface area (Å²) in [5.74, 6) is 0. The molecule has 0 aromatic heterocycles. The number of piperazine rings is 1.